The first-order chi connectivity index (χ1) is 7.69. The van der Waals surface area contributed by atoms with E-state index < -0.39 is 0 Å². The van der Waals surface area contributed by atoms with Gasteiger partial charge >= 0.3 is 0 Å². The predicted octanol–water partition coefficient (Wildman–Crippen LogP) is 1.93. The number of benzene rings is 1. The summed E-state index contributed by atoms with van der Waals surface area (Å²) in [6.07, 6.45) is 0. The van der Waals surface area contributed by atoms with E-state index in [4.69, 9.17) is 4.74 Å². The highest BCUT2D eigenvalue weighted by atomic mass is 32.2. The van der Waals surface area contributed by atoms with Crippen molar-refractivity contribution in [3.63, 3.8) is 0 Å². The van der Waals surface area contributed by atoms with Crippen molar-refractivity contribution in [1.82, 2.24) is 5.32 Å². The van der Waals surface area contributed by atoms with Crippen molar-refractivity contribution >= 4 is 28.5 Å². The number of carbonyl (C=O) groups excluding carboxylic acids is 1. The molecule has 2 rings (SSSR count). The maximum atomic E-state index is 11.2. The second-order valence-electron chi connectivity index (χ2n) is 3.36. The lowest BCUT2D eigenvalue weighted by molar-refractivity contribution is -0.118. The molecule has 84 valence electrons. The summed E-state index contributed by atoms with van der Waals surface area (Å²) in [5.74, 6) is 0.803. The molecule has 0 aromatic heterocycles. The third-order valence-corrected chi connectivity index (χ3v) is 3.18. The Morgan fingerprint density at radius 3 is 2.56 bits per heavy atom. The van der Waals surface area contributed by atoms with Crippen LogP contribution < -0.4 is 10.1 Å². The van der Waals surface area contributed by atoms with E-state index in [1.807, 2.05) is 31.2 Å². The average Bonchev–Trinajstić information content (AvgIpc) is 2.59. The first kappa shape index (κ1) is 11.0. The Balaban J connectivity index is 2.14. The zero-order valence-corrected chi connectivity index (χ0v) is 9.88. The van der Waals surface area contributed by atoms with E-state index in [0.29, 0.717) is 5.17 Å². The fourth-order valence-corrected chi connectivity index (χ4v) is 2.10. The zero-order valence-electron chi connectivity index (χ0n) is 9.06. The van der Waals surface area contributed by atoms with E-state index in [1.54, 1.807) is 7.11 Å². The van der Waals surface area contributed by atoms with Crippen LogP contribution in [0.2, 0.25) is 0 Å². The number of carbonyl (C=O) groups is 1. The van der Waals surface area contributed by atoms with Crippen LogP contribution in [0.15, 0.2) is 29.3 Å². The smallest absolute Gasteiger partial charge is 0.239 e. The average molecular weight is 236 g/mol. The lowest BCUT2D eigenvalue weighted by atomic mass is 10.3. The molecule has 0 spiro atoms. The van der Waals surface area contributed by atoms with Crippen molar-refractivity contribution in [1.29, 1.82) is 0 Å². The van der Waals surface area contributed by atoms with E-state index in [1.165, 1.54) is 11.8 Å². The number of nitrogens with zero attached hydrogens (tertiary/aromatic N) is 1. The lowest BCUT2D eigenvalue weighted by Crippen LogP contribution is -2.23. The molecule has 1 N–H and O–H groups in total. The SMILES string of the molecule is COc1ccc(N=C2NC(=O)[C@H](C)S2)cc1. The monoisotopic (exact) mass is 236 g/mol. The van der Waals surface area contributed by atoms with Gasteiger partial charge in [0.1, 0.15) is 5.75 Å². The van der Waals surface area contributed by atoms with E-state index in [0.717, 1.165) is 11.4 Å². The van der Waals surface area contributed by atoms with Gasteiger partial charge < -0.3 is 10.1 Å². The highest BCUT2D eigenvalue weighted by molar-refractivity contribution is 8.15. The van der Waals surface area contributed by atoms with E-state index in [2.05, 4.69) is 10.3 Å². The first-order valence-electron chi connectivity index (χ1n) is 4.89. The summed E-state index contributed by atoms with van der Waals surface area (Å²) in [6.45, 7) is 1.86. The second kappa shape index (κ2) is 4.57. The molecule has 0 radical (unpaired) electrons. The van der Waals surface area contributed by atoms with Gasteiger partial charge in [-0.2, -0.15) is 0 Å². The van der Waals surface area contributed by atoms with Gasteiger partial charge in [0.15, 0.2) is 5.17 Å². The molecule has 1 aliphatic heterocycles. The largest absolute Gasteiger partial charge is 0.497 e. The Bertz CT molecular complexity index is 428. The van der Waals surface area contributed by atoms with E-state index >= 15 is 0 Å². The number of nitrogens with one attached hydrogen (secondary N) is 1. The quantitative estimate of drug-likeness (QED) is 0.853. The Morgan fingerprint density at radius 2 is 2.06 bits per heavy atom. The third-order valence-electron chi connectivity index (χ3n) is 2.19. The summed E-state index contributed by atoms with van der Waals surface area (Å²) in [7, 11) is 1.62. The highest BCUT2D eigenvalue weighted by Crippen LogP contribution is 2.23. The minimum atomic E-state index is -0.0583. The molecular formula is C11H12N2O2S. The molecule has 1 amide bonds. The first-order valence-corrected chi connectivity index (χ1v) is 5.77. The number of amidine groups is 1. The molecule has 5 heteroatoms. The second-order valence-corrected chi connectivity index (χ2v) is 4.69. The zero-order chi connectivity index (χ0) is 11.5. The van der Waals surface area contributed by atoms with Gasteiger partial charge in [-0.25, -0.2) is 4.99 Å². The van der Waals surface area contributed by atoms with E-state index in [-0.39, 0.29) is 11.2 Å². The maximum Gasteiger partial charge on any atom is 0.239 e. The molecule has 1 heterocycles. The summed E-state index contributed by atoms with van der Waals surface area (Å²) >= 11 is 1.44. The number of hydrogen-bond donors (Lipinski definition) is 1. The molecule has 1 saturated heterocycles. The number of ether oxygens (including phenoxy) is 1. The van der Waals surface area contributed by atoms with Gasteiger partial charge in [0, 0.05) is 0 Å². The molecule has 0 unspecified atom stereocenters. The molecule has 4 nitrogen and oxygen atoms in total. The van der Waals surface area contributed by atoms with Crippen LogP contribution >= 0.6 is 11.8 Å². The third kappa shape index (κ3) is 2.36. The number of hydrogen-bond acceptors (Lipinski definition) is 4. The number of amides is 1. The van der Waals surface area contributed by atoms with Gasteiger partial charge in [-0.15, -0.1) is 0 Å². The van der Waals surface area contributed by atoms with Crippen molar-refractivity contribution in [3.05, 3.63) is 24.3 Å². The molecule has 1 aliphatic rings. The van der Waals surface area contributed by atoms with Gasteiger partial charge in [-0.1, -0.05) is 11.8 Å². The molecule has 1 fully saturated rings. The molecule has 1 atom stereocenters. The maximum absolute atomic E-state index is 11.2. The fourth-order valence-electron chi connectivity index (χ4n) is 1.29. The van der Waals surface area contributed by atoms with Gasteiger partial charge in [0.2, 0.25) is 5.91 Å². The van der Waals surface area contributed by atoms with Gasteiger partial charge in [-0.3, -0.25) is 4.79 Å². The number of thioether (sulfide) groups is 1. The summed E-state index contributed by atoms with van der Waals surface area (Å²) < 4.78 is 5.05. The standard InChI is InChI=1S/C11H12N2O2S/c1-7-10(14)13-11(16-7)12-8-3-5-9(15-2)6-4-8/h3-7H,1-2H3,(H,12,13,14)/t7-/m0/s1. The van der Waals surface area contributed by atoms with Crippen molar-refractivity contribution in [2.45, 2.75) is 12.2 Å². The Labute approximate surface area is 98.1 Å². The van der Waals surface area contributed by atoms with E-state index in [9.17, 15) is 4.79 Å². The Kier molecular flexibility index (Phi) is 3.14. The van der Waals surface area contributed by atoms with Gasteiger partial charge in [0.25, 0.3) is 0 Å². The van der Waals surface area contributed by atoms with Crippen LogP contribution in [0.4, 0.5) is 5.69 Å². The van der Waals surface area contributed by atoms with Crippen LogP contribution in [0.5, 0.6) is 5.75 Å². The van der Waals surface area contributed by atoms with Crippen LogP contribution in [-0.2, 0) is 4.79 Å². The molecule has 0 aliphatic carbocycles. The molecule has 16 heavy (non-hydrogen) atoms. The van der Waals surface area contributed by atoms with Crippen molar-refractivity contribution in [2.24, 2.45) is 4.99 Å². The normalized spacial score (nSPS) is 22.2. The van der Waals surface area contributed by atoms with Crippen molar-refractivity contribution in [3.8, 4) is 5.75 Å². The number of rotatable bonds is 2. The van der Waals surface area contributed by atoms with Gasteiger partial charge in [-0.05, 0) is 31.2 Å². The Hall–Kier alpha value is -1.49. The minimum Gasteiger partial charge on any atom is -0.497 e. The fraction of sp³-hybridized carbons (Fsp3) is 0.273. The van der Waals surface area contributed by atoms with Crippen LogP contribution in [0.25, 0.3) is 0 Å². The molecule has 1 aromatic rings. The highest BCUT2D eigenvalue weighted by Gasteiger charge is 2.25. The lowest BCUT2D eigenvalue weighted by Gasteiger charge is -2.00. The summed E-state index contributed by atoms with van der Waals surface area (Å²) in [4.78, 5) is 15.6. The van der Waals surface area contributed by atoms with Crippen LogP contribution in [0.3, 0.4) is 0 Å². The molecule has 0 saturated carbocycles. The van der Waals surface area contributed by atoms with Crippen molar-refractivity contribution < 1.29 is 9.53 Å². The van der Waals surface area contributed by atoms with Crippen LogP contribution in [0, 0.1) is 0 Å². The van der Waals surface area contributed by atoms with Crippen LogP contribution in [-0.4, -0.2) is 23.4 Å². The van der Waals surface area contributed by atoms with Crippen molar-refractivity contribution in [2.75, 3.05) is 7.11 Å². The minimum absolute atomic E-state index is 0.0114. The Morgan fingerprint density at radius 1 is 1.38 bits per heavy atom. The summed E-state index contributed by atoms with van der Waals surface area (Å²) in [5, 5.41) is 3.32. The predicted molar refractivity (Wildman–Crippen MR) is 65.3 cm³/mol. The van der Waals surface area contributed by atoms with Crippen LogP contribution in [0.1, 0.15) is 6.92 Å². The molecule has 0 bridgehead atoms. The summed E-state index contributed by atoms with van der Waals surface area (Å²) in [6, 6.07) is 7.37. The number of methoxy groups -OCH3 is 1. The topological polar surface area (TPSA) is 50.7 Å². The number of aliphatic imine (C=N–C) groups is 1. The summed E-state index contributed by atoms with van der Waals surface area (Å²) in [5.41, 5.74) is 0.803. The molecule has 1 aromatic carbocycles. The van der Waals surface area contributed by atoms with Gasteiger partial charge in [0.05, 0.1) is 18.0 Å². The molecular weight excluding hydrogens is 224 g/mol.